The first kappa shape index (κ1) is 14.8. The SMILES string of the molecule is CN(C(=O)c1ccncc1Cl)C1CCC2(CC1)OCCO2. The molecule has 1 saturated heterocycles. The van der Waals surface area contributed by atoms with Crippen LogP contribution < -0.4 is 0 Å². The Morgan fingerprint density at radius 3 is 2.67 bits per heavy atom. The van der Waals surface area contributed by atoms with E-state index in [9.17, 15) is 4.79 Å². The Morgan fingerprint density at radius 1 is 1.38 bits per heavy atom. The van der Waals surface area contributed by atoms with E-state index in [1.165, 1.54) is 6.20 Å². The van der Waals surface area contributed by atoms with Crippen LogP contribution in [-0.4, -0.2) is 47.9 Å². The Bertz CT molecular complexity index is 521. The maximum atomic E-state index is 12.5. The molecule has 1 aromatic rings. The van der Waals surface area contributed by atoms with Gasteiger partial charge in [-0.3, -0.25) is 9.78 Å². The number of carbonyl (C=O) groups is 1. The van der Waals surface area contributed by atoms with Crippen LogP contribution in [0.15, 0.2) is 18.5 Å². The molecular weight excluding hydrogens is 292 g/mol. The Balaban J connectivity index is 1.65. The second-order valence-electron chi connectivity index (χ2n) is 5.61. The lowest BCUT2D eigenvalue weighted by molar-refractivity contribution is -0.182. The van der Waals surface area contributed by atoms with Crippen LogP contribution in [0.3, 0.4) is 0 Å². The predicted molar refractivity (Wildman–Crippen MR) is 78.2 cm³/mol. The van der Waals surface area contributed by atoms with E-state index in [4.69, 9.17) is 21.1 Å². The minimum absolute atomic E-state index is 0.0587. The Morgan fingerprint density at radius 2 is 2.05 bits per heavy atom. The van der Waals surface area contributed by atoms with Gasteiger partial charge in [0.15, 0.2) is 5.79 Å². The number of rotatable bonds is 2. The second-order valence-corrected chi connectivity index (χ2v) is 6.02. The van der Waals surface area contributed by atoms with Gasteiger partial charge in [0.05, 0.1) is 23.8 Å². The van der Waals surface area contributed by atoms with Gasteiger partial charge in [0.2, 0.25) is 0 Å². The van der Waals surface area contributed by atoms with Crippen LogP contribution in [0.5, 0.6) is 0 Å². The summed E-state index contributed by atoms with van der Waals surface area (Å²) >= 11 is 6.05. The van der Waals surface area contributed by atoms with Gasteiger partial charge in [-0.15, -0.1) is 0 Å². The number of hydrogen-bond acceptors (Lipinski definition) is 4. The fraction of sp³-hybridized carbons (Fsp3) is 0.600. The molecule has 0 atom stereocenters. The third-order valence-corrected chi connectivity index (χ3v) is 4.70. The van der Waals surface area contributed by atoms with Crippen LogP contribution in [0.4, 0.5) is 0 Å². The third-order valence-electron chi connectivity index (χ3n) is 4.40. The summed E-state index contributed by atoms with van der Waals surface area (Å²) in [5, 5.41) is 0.393. The average Bonchev–Trinajstić information content (AvgIpc) is 2.95. The number of carbonyl (C=O) groups excluding carboxylic acids is 1. The largest absolute Gasteiger partial charge is 0.348 e. The maximum absolute atomic E-state index is 12.5. The van der Waals surface area contributed by atoms with Crippen molar-refractivity contribution in [3.8, 4) is 0 Å². The normalized spacial score (nSPS) is 21.6. The maximum Gasteiger partial charge on any atom is 0.255 e. The number of hydrogen-bond donors (Lipinski definition) is 0. The molecule has 0 radical (unpaired) electrons. The molecule has 1 saturated carbocycles. The van der Waals surface area contributed by atoms with Gasteiger partial charge in [-0.25, -0.2) is 0 Å². The zero-order valence-electron chi connectivity index (χ0n) is 12.0. The number of nitrogens with zero attached hydrogens (tertiary/aromatic N) is 2. The summed E-state index contributed by atoms with van der Waals surface area (Å²) in [6, 6.07) is 1.86. The standard InChI is InChI=1S/C15H19ClN2O3/c1-18(14(19)12-4-7-17-10-13(12)16)11-2-5-15(6-3-11)20-8-9-21-15/h4,7,10-11H,2-3,5-6,8-9H2,1H3. The minimum Gasteiger partial charge on any atom is -0.348 e. The van der Waals surface area contributed by atoms with Crippen LogP contribution >= 0.6 is 11.6 Å². The fourth-order valence-corrected chi connectivity index (χ4v) is 3.32. The van der Waals surface area contributed by atoms with E-state index in [-0.39, 0.29) is 11.9 Å². The van der Waals surface area contributed by atoms with E-state index < -0.39 is 5.79 Å². The first-order valence-electron chi connectivity index (χ1n) is 7.26. The van der Waals surface area contributed by atoms with Crippen molar-refractivity contribution in [2.75, 3.05) is 20.3 Å². The van der Waals surface area contributed by atoms with Crippen molar-refractivity contribution in [3.63, 3.8) is 0 Å². The molecule has 2 aliphatic rings. The Hall–Kier alpha value is -1.17. The number of amides is 1. The molecule has 1 aromatic heterocycles. The second kappa shape index (κ2) is 5.91. The highest BCUT2D eigenvalue weighted by atomic mass is 35.5. The molecule has 0 bridgehead atoms. The third kappa shape index (κ3) is 2.91. The smallest absolute Gasteiger partial charge is 0.255 e. The van der Waals surface area contributed by atoms with Crippen LogP contribution in [0.1, 0.15) is 36.0 Å². The first-order chi connectivity index (χ1) is 10.1. The average molecular weight is 311 g/mol. The monoisotopic (exact) mass is 310 g/mol. The van der Waals surface area contributed by atoms with Crippen LogP contribution in [0.2, 0.25) is 5.02 Å². The van der Waals surface area contributed by atoms with Crippen molar-refractivity contribution in [3.05, 3.63) is 29.0 Å². The lowest BCUT2D eigenvalue weighted by atomic mass is 9.89. The number of halogens is 1. The molecule has 114 valence electrons. The molecule has 0 aromatic carbocycles. The summed E-state index contributed by atoms with van der Waals surface area (Å²) in [4.78, 5) is 18.2. The molecule has 1 spiro atoms. The summed E-state index contributed by atoms with van der Waals surface area (Å²) in [7, 11) is 1.83. The zero-order valence-corrected chi connectivity index (χ0v) is 12.8. The van der Waals surface area contributed by atoms with Crippen LogP contribution in [0.25, 0.3) is 0 Å². The highest BCUT2D eigenvalue weighted by Crippen LogP contribution is 2.37. The van der Waals surface area contributed by atoms with Gasteiger partial charge in [0, 0.05) is 38.3 Å². The van der Waals surface area contributed by atoms with Gasteiger partial charge >= 0.3 is 0 Å². The molecule has 2 fully saturated rings. The molecule has 1 amide bonds. The molecule has 0 unspecified atom stereocenters. The van der Waals surface area contributed by atoms with E-state index >= 15 is 0 Å². The van der Waals surface area contributed by atoms with Gasteiger partial charge in [-0.05, 0) is 18.9 Å². The number of pyridine rings is 1. The topological polar surface area (TPSA) is 51.7 Å². The summed E-state index contributed by atoms with van der Waals surface area (Å²) in [6.45, 7) is 1.35. The van der Waals surface area contributed by atoms with Gasteiger partial charge in [0.25, 0.3) is 5.91 Å². The van der Waals surface area contributed by atoms with E-state index in [2.05, 4.69) is 4.98 Å². The van der Waals surface area contributed by atoms with Crippen molar-refractivity contribution in [1.82, 2.24) is 9.88 Å². The zero-order chi connectivity index (χ0) is 14.9. The minimum atomic E-state index is -0.394. The summed E-state index contributed by atoms with van der Waals surface area (Å²) in [5.41, 5.74) is 0.503. The van der Waals surface area contributed by atoms with Crippen molar-refractivity contribution in [1.29, 1.82) is 0 Å². The molecule has 0 N–H and O–H groups in total. The van der Waals surface area contributed by atoms with E-state index in [1.54, 1.807) is 17.2 Å². The molecule has 3 rings (SSSR count). The number of aromatic nitrogens is 1. The van der Waals surface area contributed by atoms with Crippen molar-refractivity contribution < 1.29 is 14.3 Å². The van der Waals surface area contributed by atoms with Gasteiger partial charge in [-0.1, -0.05) is 11.6 Å². The summed E-state index contributed by atoms with van der Waals surface area (Å²) in [6.07, 6.45) is 6.51. The summed E-state index contributed by atoms with van der Waals surface area (Å²) in [5.74, 6) is -0.453. The fourth-order valence-electron chi connectivity index (χ4n) is 3.12. The quantitative estimate of drug-likeness (QED) is 0.842. The predicted octanol–water partition coefficient (Wildman–Crippen LogP) is 2.49. The Labute approximate surface area is 129 Å². The molecule has 1 aliphatic carbocycles. The van der Waals surface area contributed by atoms with E-state index in [0.29, 0.717) is 23.8 Å². The van der Waals surface area contributed by atoms with Crippen LogP contribution in [-0.2, 0) is 9.47 Å². The van der Waals surface area contributed by atoms with Gasteiger partial charge < -0.3 is 14.4 Å². The summed E-state index contributed by atoms with van der Waals surface area (Å²) < 4.78 is 11.4. The molecule has 6 heteroatoms. The van der Waals surface area contributed by atoms with Gasteiger partial charge in [0.1, 0.15) is 0 Å². The molecule has 21 heavy (non-hydrogen) atoms. The van der Waals surface area contributed by atoms with Crippen LogP contribution in [0, 0.1) is 0 Å². The van der Waals surface area contributed by atoms with Crippen molar-refractivity contribution in [2.24, 2.45) is 0 Å². The first-order valence-corrected chi connectivity index (χ1v) is 7.64. The molecule has 5 nitrogen and oxygen atoms in total. The van der Waals surface area contributed by atoms with Crippen molar-refractivity contribution >= 4 is 17.5 Å². The Kier molecular flexibility index (Phi) is 4.15. The lowest BCUT2D eigenvalue weighted by Crippen LogP contribution is -2.45. The highest BCUT2D eigenvalue weighted by molar-refractivity contribution is 6.33. The molecule has 1 aliphatic heterocycles. The van der Waals surface area contributed by atoms with E-state index in [1.807, 2.05) is 7.05 Å². The van der Waals surface area contributed by atoms with Gasteiger partial charge in [-0.2, -0.15) is 0 Å². The number of ether oxygens (including phenoxy) is 2. The lowest BCUT2D eigenvalue weighted by Gasteiger charge is -2.39. The van der Waals surface area contributed by atoms with Crippen molar-refractivity contribution in [2.45, 2.75) is 37.5 Å². The molecular formula is C15H19ClN2O3. The molecule has 2 heterocycles. The highest BCUT2D eigenvalue weighted by Gasteiger charge is 2.41. The van der Waals surface area contributed by atoms with E-state index in [0.717, 1.165) is 25.7 Å².